The smallest absolute Gasteiger partial charge is 0.0798 e. The summed E-state index contributed by atoms with van der Waals surface area (Å²) >= 11 is 6.68. The van der Waals surface area contributed by atoms with Crippen molar-refractivity contribution in [2.24, 2.45) is 5.73 Å². The molecule has 1 rings (SSSR count). The minimum absolute atomic E-state index is 0.430. The highest BCUT2D eigenvalue weighted by Crippen LogP contribution is 2.17. The van der Waals surface area contributed by atoms with E-state index in [0.29, 0.717) is 11.0 Å². The van der Waals surface area contributed by atoms with Crippen LogP contribution in [-0.4, -0.2) is 28.0 Å². The number of nitrogens with two attached hydrogens (primary N) is 1. The van der Waals surface area contributed by atoms with Crippen molar-refractivity contribution in [2.45, 2.75) is 39.3 Å². The predicted octanol–water partition coefficient (Wildman–Crippen LogP) is 2.34. The van der Waals surface area contributed by atoms with Gasteiger partial charge in [-0.1, -0.05) is 19.1 Å². The molecule has 0 spiro atoms. The summed E-state index contributed by atoms with van der Waals surface area (Å²) in [6.45, 7) is 5.14. The second kappa shape index (κ2) is 6.27. The minimum atomic E-state index is 0.430. The summed E-state index contributed by atoms with van der Waals surface area (Å²) in [6.07, 6.45) is 1.85. The Morgan fingerprint density at radius 3 is 2.81 bits per heavy atom. The molecule has 0 saturated heterocycles. The molecule has 0 radical (unpaired) electrons. The van der Waals surface area contributed by atoms with E-state index in [9.17, 15) is 0 Å². The number of aromatic nitrogens is 1. The Labute approximate surface area is 107 Å². The van der Waals surface area contributed by atoms with E-state index in [1.807, 2.05) is 12.4 Å². The first-order chi connectivity index (χ1) is 7.54. The normalized spacial score (nSPS) is 13.0. The molecular formula is C11H19N3S2. The van der Waals surface area contributed by atoms with Crippen molar-refractivity contribution in [1.29, 1.82) is 0 Å². The van der Waals surface area contributed by atoms with Crippen molar-refractivity contribution in [2.75, 3.05) is 7.05 Å². The summed E-state index contributed by atoms with van der Waals surface area (Å²) in [4.78, 5) is 8.48. The number of aryl methyl sites for hydroxylation is 1. The lowest BCUT2D eigenvalue weighted by Crippen LogP contribution is -2.34. The first-order valence-electron chi connectivity index (χ1n) is 5.42. The maximum absolute atomic E-state index is 5.61. The van der Waals surface area contributed by atoms with E-state index in [-0.39, 0.29) is 0 Å². The van der Waals surface area contributed by atoms with Crippen molar-refractivity contribution in [1.82, 2.24) is 9.88 Å². The number of thiazole rings is 1. The summed E-state index contributed by atoms with van der Waals surface area (Å²) in [7, 11) is 2.12. The third-order valence-electron chi connectivity index (χ3n) is 2.77. The summed E-state index contributed by atoms with van der Waals surface area (Å²) in [5.74, 6) is 0. The van der Waals surface area contributed by atoms with Crippen molar-refractivity contribution < 1.29 is 0 Å². The zero-order chi connectivity index (χ0) is 12.1. The van der Waals surface area contributed by atoms with Gasteiger partial charge in [0.1, 0.15) is 0 Å². The van der Waals surface area contributed by atoms with Crippen LogP contribution in [0.25, 0.3) is 0 Å². The molecule has 1 heterocycles. The minimum Gasteiger partial charge on any atom is -0.393 e. The van der Waals surface area contributed by atoms with Gasteiger partial charge in [0.15, 0.2) is 0 Å². The standard InChI is InChI=1S/C11H19N3S2/c1-4-9(5-11(12)15)14(3)6-10-8(2)13-7-16-10/h7,9H,4-6H2,1-3H3,(H2,12,15). The van der Waals surface area contributed by atoms with Gasteiger partial charge in [0.2, 0.25) is 0 Å². The van der Waals surface area contributed by atoms with Gasteiger partial charge in [-0.25, -0.2) is 4.98 Å². The highest BCUT2D eigenvalue weighted by atomic mass is 32.1. The average molecular weight is 257 g/mol. The Kier molecular flexibility index (Phi) is 5.31. The first-order valence-corrected chi connectivity index (χ1v) is 6.70. The van der Waals surface area contributed by atoms with Crippen LogP contribution in [0, 0.1) is 6.92 Å². The quantitative estimate of drug-likeness (QED) is 0.794. The molecule has 0 amide bonds. The van der Waals surface area contributed by atoms with Gasteiger partial charge in [-0.3, -0.25) is 4.90 Å². The third kappa shape index (κ3) is 3.81. The molecule has 3 nitrogen and oxygen atoms in total. The van der Waals surface area contributed by atoms with Crippen LogP contribution in [0.2, 0.25) is 0 Å². The molecule has 1 unspecified atom stereocenters. The van der Waals surface area contributed by atoms with Crippen LogP contribution < -0.4 is 5.73 Å². The van der Waals surface area contributed by atoms with Crippen LogP contribution in [0.4, 0.5) is 0 Å². The predicted molar refractivity (Wildman–Crippen MR) is 73.8 cm³/mol. The third-order valence-corrected chi connectivity index (χ3v) is 3.86. The van der Waals surface area contributed by atoms with Gasteiger partial charge < -0.3 is 5.73 Å². The highest BCUT2D eigenvalue weighted by Gasteiger charge is 2.15. The lowest BCUT2D eigenvalue weighted by molar-refractivity contribution is 0.234. The topological polar surface area (TPSA) is 42.1 Å². The molecule has 0 aromatic carbocycles. The second-order valence-corrected chi connectivity index (χ2v) is 5.47. The van der Waals surface area contributed by atoms with E-state index in [0.717, 1.165) is 25.1 Å². The van der Waals surface area contributed by atoms with Gasteiger partial charge in [0.25, 0.3) is 0 Å². The van der Waals surface area contributed by atoms with E-state index < -0.39 is 0 Å². The van der Waals surface area contributed by atoms with Crippen molar-refractivity contribution in [3.8, 4) is 0 Å². The fourth-order valence-corrected chi connectivity index (χ4v) is 2.71. The van der Waals surface area contributed by atoms with Crippen molar-refractivity contribution in [3.63, 3.8) is 0 Å². The summed E-state index contributed by atoms with van der Waals surface area (Å²) in [5, 5.41) is 0. The van der Waals surface area contributed by atoms with Crippen LogP contribution in [0.3, 0.4) is 0 Å². The molecule has 0 saturated carbocycles. The van der Waals surface area contributed by atoms with Gasteiger partial charge in [0, 0.05) is 23.9 Å². The molecule has 0 aliphatic heterocycles. The Balaban J connectivity index is 2.59. The molecule has 0 aliphatic carbocycles. The Hall–Kier alpha value is -0.520. The second-order valence-electron chi connectivity index (χ2n) is 4.01. The molecule has 0 aliphatic rings. The Bertz CT molecular complexity index is 349. The molecule has 5 heteroatoms. The van der Waals surface area contributed by atoms with Crippen LogP contribution in [0.1, 0.15) is 30.3 Å². The van der Waals surface area contributed by atoms with E-state index in [1.54, 1.807) is 11.3 Å². The molecule has 90 valence electrons. The Morgan fingerprint density at radius 1 is 1.69 bits per heavy atom. The van der Waals surface area contributed by atoms with Crippen LogP contribution in [0.5, 0.6) is 0 Å². The number of hydrogen-bond donors (Lipinski definition) is 1. The maximum Gasteiger partial charge on any atom is 0.0798 e. The molecular weight excluding hydrogens is 238 g/mol. The maximum atomic E-state index is 5.61. The number of rotatable bonds is 6. The number of hydrogen-bond acceptors (Lipinski definition) is 4. The Morgan fingerprint density at radius 2 is 2.38 bits per heavy atom. The zero-order valence-corrected chi connectivity index (χ0v) is 11.7. The zero-order valence-electron chi connectivity index (χ0n) is 10.1. The van der Waals surface area contributed by atoms with Crippen molar-refractivity contribution >= 4 is 28.5 Å². The first kappa shape index (κ1) is 13.5. The average Bonchev–Trinajstić information content (AvgIpc) is 2.60. The van der Waals surface area contributed by atoms with Gasteiger partial charge >= 0.3 is 0 Å². The van der Waals surface area contributed by atoms with Gasteiger partial charge in [0.05, 0.1) is 16.2 Å². The lowest BCUT2D eigenvalue weighted by Gasteiger charge is -2.26. The molecule has 0 fully saturated rings. The molecule has 1 aromatic rings. The van der Waals surface area contributed by atoms with E-state index in [4.69, 9.17) is 18.0 Å². The SMILES string of the molecule is CCC(CC(N)=S)N(C)Cc1scnc1C. The number of thiocarbonyl (C=S) groups is 1. The van der Waals surface area contributed by atoms with Gasteiger partial charge in [-0.15, -0.1) is 11.3 Å². The van der Waals surface area contributed by atoms with Gasteiger partial charge in [-0.2, -0.15) is 0 Å². The fraction of sp³-hybridized carbons (Fsp3) is 0.636. The van der Waals surface area contributed by atoms with E-state index in [2.05, 4.69) is 23.9 Å². The number of nitrogens with zero attached hydrogens (tertiary/aromatic N) is 2. The molecule has 1 atom stereocenters. The summed E-state index contributed by atoms with van der Waals surface area (Å²) < 4.78 is 0. The highest BCUT2D eigenvalue weighted by molar-refractivity contribution is 7.80. The van der Waals surface area contributed by atoms with Crippen molar-refractivity contribution in [3.05, 3.63) is 16.1 Å². The molecule has 2 N–H and O–H groups in total. The van der Waals surface area contributed by atoms with Gasteiger partial charge in [-0.05, 0) is 20.4 Å². The van der Waals surface area contributed by atoms with Crippen LogP contribution in [0.15, 0.2) is 5.51 Å². The van der Waals surface area contributed by atoms with E-state index >= 15 is 0 Å². The summed E-state index contributed by atoms with van der Waals surface area (Å²) in [6, 6.07) is 0.430. The molecule has 0 bridgehead atoms. The largest absolute Gasteiger partial charge is 0.393 e. The fourth-order valence-electron chi connectivity index (χ4n) is 1.68. The van der Waals surface area contributed by atoms with Crippen LogP contribution >= 0.6 is 23.6 Å². The molecule has 16 heavy (non-hydrogen) atoms. The lowest BCUT2D eigenvalue weighted by atomic mass is 10.1. The molecule has 1 aromatic heterocycles. The summed E-state index contributed by atoms with van der Waals surface area (Å²) in [5.41, 5.74) is 8.63. The van der Waals surface area contributed by atoms with E-state index in [1.165, 1.54) is 4.88 Å². The monoisotopic (exact) mass is 257 g/mol. The van der Waals surface area contributed by atoms with Crippen LogP contribution in [-0.2, 0) is 6.54 Å².